The second-order valence-corrected chi connectivity index (χ2v) is 8.40. The highest BCUT2D eigenvalue weighted by Crippen LogP contribution is 2.31. The van der Waals surface area contributed by atoms with Gasteiger partial charge >= 0.3 is 5.69 Å². The van der Waals surface area contributed by atoms with Gasteiger partial charge in [-0.25, -0.2) is 4.79 Å². The maximum absolute atomic E-state index is 12.6. The molecular weight excluding hydrogens is 396 g/mol. The summed E-state index contributed by atoms with van der Waals surface area (Å²) in [5, 5.41) is 10.5. The van der Waals surface area contributed by atoms with E-state index in [4.69, 9.17) is 14.2 Å². The monoisotopic (exact) mass is 422 g/mol. The summed E-state index contributed by atoms with van der Waals surface area (Å²) < 4.78 is 18.4. The minimum Gasteiger partial charge on any atom is -0.475 e. The van der Waals surface area contributed by atoms with Gasteiger partial charge in [0, 0.05) is 23.7 Å². The molecule has 2 aromatic rings. The van der Waals surface area contributed by atoms with Crippen molar-refractivity contribution in [3.05, 3.63) is 45.9 Å². The van der Waals surface area contributed by atoms with Gasteiger partial charge in [0.1, 0.15) is 18.3 Å². The van der Waals surface area contributed by atoms with Gasteiger partial charge in [-0.3, -0.25) is 4.57 Å². The molecule has 1 N–H and O–H groups in total. The molecular formula is C24H26N2O5. The summed E-state index contributed by atoms with van der Waals surface area (Å²) in [5.41, 5.74) is 2.64. The Balaban J connectivity index is 1.39. The molecule has 0 radical (unpaired) electrons. The number of aliphatic hydroxyl groups is 1. The molecule has 7 heteroatoms. The number of benzene rings is 1. The van der Waals surface area contributed by atoms with Crippen LogP contribution in [-0.2, 0) is 22.4 Å². The third-order valence-electron chi connectivity index (χ3n) is 6.15. The summed E-state index contributed by atoms with van der Waals surface area (Å²) in [6.07, 6.45) is 4.12. The van der Waals surface area contributed by atoms with Crippen molar-refractivity contribution in [2.24, 2.45) is 0 Å². The van der Waals surface area contributed by atoms with Gasteiger partial charge in [0.2, 0.25) is 5.88 Å². The SMILES string of the molecule is O=c1nc(OCC2COCCO2)cc2n1CCc1cc(C#CC3(O)CCCC3)ccc1-2. The maximum atomic E-state index is 12.6. The highest BCUT2D eigenvalue weighted by molar-refractivity contribution is 5.68. The molecule has 0 amide bonds. The average molecular weight is 422 g/mol. The highest BCUT2D eigenvalue weighted by Gasteiger charge is 2.28. The fourth-order valence-corrected chi connectivity index (χ4v) is 4.44. The Morgan fingerprint density at radius 3 is 2.94 bits per heavy atom. The molecule has 1 saturated carbocycles. The van der Waals surface area contributed by atoms with Crippen molar-refractivity contribution >= 4 is 0 Å². The zero-order valence-corrected chi connectivity index (χ0v) is 17.4. The van der Waals surface area contributed by atoms with E-state index in [2.05, 4.69) is 22.9 Å². The van der Waals surface area contributed by atoms with Crippen LogP contribution in [0.15, 0.2) is 29.1 Å². The number of aromatic nitrogens is 2. The summed E-state index contributed by atoms with van der Waals surface area (Å²) in [5.74, 6) is 6.51. The van der Waals surface area contributed by atoms with E-state index in [0.717, 1.165) is 54.5 Å². The van der Waals surface area contributed by atoms with Crippen LogP contribution in [0.5, 0.6) is 5.88 Å². The van der Waals surface area contributed by atoms with Crippen molar-refractivity contribution in [1.29, 1.82) is 0 Å². The van der Waals surface area contributed by atoms with Gasteiger partial charge in [-0.2, -0.15) is 4.98 Å². The summed E-state index contributed by atoms with van der Waals surface area (Å²) >= 11 is 0. The van der Waals surface area contributed by atoms with E-state index >= 15 is 0 Å². The average Bonchev–Trinajstić information content (AvgIpc) is 3.23. The molecule has 31 heavy (non-hydrogen) atoms. The number of hydrogen-bond donors (Lipinski definition) is 1. The first-order valence-electron chi connectivity index (χ1n) is 10.9. The molecule has 1 aromatic heterocycles. The normalized spacial score (nSPS) is 21.5. The van der Waals surface area contributed by atoms with Gasteiger partial charge in [-0.15, -0.1) is 0 Å². The number of rotatable bonds is 3. The number of hydrogen-bond acceptors (Lipinski definition) is 6. The van der Waals surface area contributed by atoms with Crippen molar-refractivity contribution in [3.63, 3.8) is 0 Å². The molecule has 7 nitrogen and oxygen atoms in total. The van der Waals surface area contributed by atoms with Gasteiger partial charge in [0.25, 0.3) is 0 Å². The Labute approximate surface area is 181 Å². The zero-order chi connectivity index (χ0) is 21.3. The summed E-state index contributed by atoms with van der Waals surface area (Å²) in [6.45, 7) is 2.47. The van der Waals surface area contributed by atoms with Crippen LogP contribution in [-0.4, -0.2) is 52.8 Å². The van der Waals surface area contributed by atoms with E-state index in [1.165, 1.54) is 0 Å². The van der Waals surface area contributed by atoms with Gasteiger partial charge in [0.15, 0.2) is 0 Å². The lowest BCUT2D eigenvalue weighted by Crippen LogP contribution is -2.34. The Hall–Kier alpha value is -2.66. The molecule has 3 heterocycles. The third-order valence-corrected chi connectivity index (χ3v) is 6.15. The number of ether oxygens (including phenoxy) is 3. The van der Waals surface area contributed by atoms with Crippen molar-refractivity contribution < 1.29 is 19.3 Å². The van der Waals surface area contributed by atoms with Crippen molar-refractivity contribution in [3.8, 4) is 29.0 Å². The molecule has 1 aromatic carbocycles. The molecule has 162 valence electrons. The summed E-state index contributed by atoms with van der Waals surface area (Å²) in [4.78, 5) is 16.6. The van der Waals surface area contributed by atoms with Gasteiger partial charge in [-0.1, -0.05) is 17.9 Å². The van der Waals surface area contributed by atoms with Crippen LogP contribution in [0.25, 0.3) is 11.3 Å². The van der Waals surface area contributed by atoms with Crippen LogP contribution in [0.3, 0.4) is 0 Å². The first-order chi connectivity index (χ1) is 15.1. The molecule has 1 saturated heterocycles. The van der Waals surface area contributed by atoms with Crippen LogP contribution in [0, 0.1) is 11.8 Å². The lowest BCUT2D eigenvalue weighted by Gasteiger charge is -2.24. The fourth-order valence-electron chi connectivity index (χ4n) is 4.44. The highest BCUT2D eigenvalue weighted by atomic mass is 16.6. The second kappa shape index (κ2) is 8.46. The maximum Gasteiger partial charge on any atom is 0.351 e. The standard InChI is InChI=1S/C24H26N2O5/c27-23-25-22(31-16-19-15-29-11-12-30-19)14-21-20-4-3-17(13-18(20)6-10-26(21)23)5-9-24(28)7-1-2-8-24/h3-4,13-14,19,28H,1-2,6-8,10-12,15-16H2. The number of nitrogens with zero attached hydrogens (tertiary/aromatic N) is 2. The molecule has 3 aliphatic rings. The first-order valence-corrected chi connectivity index (χ1v) is 10.9. The number of fused-ring (bicyclic) bond motifs is 3. The van der Waals surface area contributed by atoms with Gasteiger partial charge in [0.05, 0.1) is 25.5 Å². The van der Waals surface area contributed by atoms with E-state index in [9.17, 15) is 9.90 Å². The topological polar surface area (TPSA) is 82.8 Å². The Bertz CT molecular complexity index is 1090. The quantitative estimate of drug-likeness (QED) is 0.761. The van der Waals surface area contributed by atoms with Crippen molar-refractivity contribution in [2.45, 2.75) is 50.4 Å². The molecule has 2 fully saturated rings. The predicted molar refractivity (Wildman–Crippen MR) is 114 cm³/mol. The molecule has 1 atom stereocenters. The van der Waals surface area contributed by atoms with Crippen LogP contribution in [0.1, 0.15) is 36.8 Å². The molecule has 5 rings (SSSR count). The smallest absolute Gasteiger partial charge is 0.351 e. The predicted octanol–water partition coefficient (Wildman–Crippen LogP) is 1.92. The Morgan fingerprint density at radius 2 is 2.13 bits per heavy atom. The lowest BCUT2D eigenvalue weighted by atomic mass is 9.95. The van der Waals surface area contributed by atoms with Crippen LogP contribution < -0.4 is 10.4 Å². The largest absolute Gasteiger partial charge is 0.475 e. The second-order valence-electron chi connectivity index (χ2n) is 8.40. The number of aryl methyl sites for hydroxylation is 1. The van der Waals surface area contributed by atoms with E-state index in [1.54, 1.807) is 4.57 Å². The molecule has 0 spiro atoms. The van der Waals surface area contributed by atoms with Crippen molar-refractivity contribution in [2.75, 3.05) is 26.4 Å². The Morgan fingerprint density at radius 1 is 1.26 bits per heavy atom. The molecule has 2 aliphatic heterocycles. The van der Waals surface area contributed by atoms with E-state index in [-0.39, 0.29) is 11.8 Å². The lowest BCUT2D eigenvalue weighted by molar-refractivity contribution is -0.102. The van der Waals surface area contributed by atoms with E-state index in [1.807, 2.05) is 18.2 Å². The third kappa shape index (κ3) is 4.38. The van der Waals surface area contributed by atoms with Gasteiger partial charge in [-0.05, 0) is 49.8 Å². The fraction of sp³-hybridized carbons (Fsp3) is 0.500. The minimum atomic E-state index is -0.846. The van der Waals surface area contributed by atoms with Crippen LogP contribution in [0.4, 0.5) is 0 Å². The Kier molecular flexibility index (Phi) is 5.53. The van der Waals surface area contributed by atoms with Crippen molar-refractivity contribution in [1.82, 2.24) is 9.55 Å². The summed E-state index contributed by atoms with van der Waals surface area (Å²) in [7, 11) is 0. The zero-order valence-electron chi connectivity index (χ0n) is 17.4. The first kappa shape index (κ1) is 20.3. The minimum absolute atomic E-state index is 0.155. The molecule has 0 bridgehead atoms. The van der Waals surface area contributed by atoms with E-state index < -0.39 is 5.60 Å². The molecule has 1 aliphatic carbocycles. The summed E-state index contributed by atoms with van der Waals surface area (Å²) in [6, 6.07) is 7.81. The van der Waals surface area contributed by atoms with Gasteiger partial charge < -0.3 is 19.3 Å². The van der Waals surface area contributed by atoms with Crippen LogP contribution in [0.2, 0.25) is 0 Å². The molecule has 1 unspecified atom stereocenters. The van der Waals surface area contributed by atoms with Crippen LogP contribution >= 0.6 is 0 Å². The van der Waals surface area contributed by atoms with E-state index in [0.29, 0.717) is 38.9 Å².